The van der Waals surface area contributed by atoms with Crippen LogP contribution in [0.5, 0.6) is 0 Å². The van der Waals surface area contributed by atoms with Crippen molar-refractivity contribution in [2.45, 2.75) is 13.3 Å². The molecule has 0 aliphatic heterocycles. The Kier molecular flexibility index (Phi) is 5.29. The second kappa shape index (κ2) is 6.96. The summed E-state index contributed by atoms with van der Waals surface area (Å²) in [6.45, 7) is 2.55. The van der Waals surface area contributed by atoms with Gasteiger partial charge in [-0.25, -0.2) is 0 Å². The molecule has 19 heavy (non-hydrogen) atoms. The van der Waals surface area contributed by atoms with E-state index in [0.29, 0.717) is 12.2 Å². The third-order valence-corrected chi connectivity index (χ3v) is 2.35. The van der Waals surface area contributed by atoms with Crippen molar-refractivity contribution in [2.24, 2.45) is 0 Å². The number of hydrogen-bond acceptors (Lipinski definition) is 5. The molecule has 0 radical (unpaired) electrons. The van der Waals surface area contributed by atoms with Gasteiger partial charge in [-0.2, -0.15) is 5.26 Å². The van der Waals surface area contributed by atoms with Crippen molar-refractivity contribution in [2.75, 3.05) is 18.4 Å². The van der Waals surface area contributed by atoms with Gasteiger partial charge in [-0.1, -0.05) is 6.92 Å². The Bertz CT molecular complexity index is 522. The Labute approximate surface area is 110 Å². The number of anilines is 1. The van der Waals surface area contributed by atoms with Crippen molar-refractivity contribution in [3.63, 3.8) is 0 Å². The number of carbonyl (C=O) groups excluding carboxylic acids is 1. The zero-order chi connectivity index (χ0) is 14.3. The van der Waals surface area contributed by atoms with Crippen LogP contribution in [0.2, 0.25) is 0 Å². The number of nitro benzene ring substituents is 1. The van der Waals surface area contributed by atoms with Crippen molar-refractivity contribution in [3.05, 3.63) is 33.9 Å². The van der Waals surface area contributed by atoms with Crippen molar-refractivity contribution in [1.29, 1.82) is 5.26 Å². The fraction of sp³-hybridized carbons (Fsp3) is 0.333. The molecule has 1 rings (SSSR count). The highest BCUT2D eigenvalue weighted by atomic mass is 16.6. The summed E-state index contributed by atoms with van der Waals surface area (Å²) in [5.74, 6) is -0.191. The highest BCUT2D eigenvalue weighted by Crippen LogP contribution is 2.20. The number of nitriles is 1. The molecule has 100 valence electrons. The van der Waals surface area contributed by atoms with Crippen molar-refractivity contribution < 1.29 is 9.72 Å². The molecule has 0 saturated heterocycles. The van der Waals surface area contributed by atoms with Gasteiger partial charge in [-0.15, -0.1) is 0 Å². The van der Waals surface area contributed by atoms with Gasteiger partial charge in [0.25, 0.3) is 5.69 Å². The second-order valence-corrected chi connectivity index (χ2v) is 3.80. The van der Waals surface area contributed by atoms with Gasteiger partial charge in [0.1, 0.15) is 6.07 Å². The lowest BCUT2D eigenvalue weighted by molar-refractivity contribution is -0.384. The molecule has 1 aromatic rings. The maximum Gasteiger partial charge on any atom is 0.270 e. The first-order valence-electron chi connectivity index (χ1n) is 5.77. The minimum absolute atomic E-state index is 0.0203. The van der Waals surface area contributed by atoms with Crippen molar-refractivity contribution >= 4 is 17.3 Å². The number of rotatable bonds is 6. The average molecular weight is 262 g/mol. The molecule has 7 heteroatoms. The van der Waals surface area contributed by atoms with Gasteiger partial charge in [0.05, 0.1) is 22.7 Å². The smallest absolute Gasteiger partial charge is 0.270 e. The summed E-state index contributed by atoms with van der Waals surface area (Å²) < 4.78 is 0. The highest BCUT2D eigenvalue weighted by Gasteiger charge is 2.11. The molecule has 0 aliphatic rings. The number of non-ortho nitro benzene ring substituents is 1. The molecule has 0 bridgehead atoms. The van der Waals surface area contributed by atoms with E-state index in [4.69, 9.17) is 5.26 Å². The Morgan fingerprint density at radius 1 is 1.53 bits per heavy atom. The number of carbonyl (C=O) groups is 1. The largest absolute Gasteiger partial charge is 0.375 e. The van der Waals surface area contributed by atoms with Crippen LogP contribution in [-0.4, -0.2) is 23.9 Å². The molecule has 0 unspecified atom stereocenters. The zero-order valence-electron chi connectivity index (χ0n) is 10.5. The number of hydrogen-bond donors (Lipinski definition) is 2. The maximum absolute atomic E-state index is 11.4. The van der Waals surface area contributed by atoms with Crippen LogP contribution in [0.1, 0.15) is 18.9 Å². The van der Waals surface area contributed by atoms with Gasteiger partial charge < -0.3 is 10.6 Å². The Morgan fingerprint density at radius 2 is 2.26 bits per heavy atom. The van der Waals surface area contributed by atoms with Crippen molar-refractivity contribution in [1.82, 2.24) is 5.32 Å². The second-order valence-electron chi connectivity index (χ2n) is 3.80. The van der Waals surface area contributed by atoms with Crippen LogP contribution in [0.3, 0.4) is 0 Å². The van der Waals surface area contributed by atoms with Crippen LogP contribution in [0.4, 0.5) is 11.4 Å². The molecule has 0 fully saturated rings. The van der Waals surface area contributed by atoms with Crippen LogP contribution >= 0.6 is 0 Å². The van der Waals surface area contributed by atoms with E-state index in [2.05, 4.69) is 10.6 Å². The third-order valence-electron chi connectivity index (χ3n) is 2.35. The van der Waals surface area contributed by atoms with Crippen LogP contribution in [0.15, 0.2) is 18.2 Å². The van der Waals surface area contributed by atoms with Gasteiger partial charge >= 0.3 is 0 Å². The first kappa shape index (κ1) is 14.4. The topological polar surface area (TPSA) is 108 Å². The fourth-order valence-corrected chi connectivity index (χ4v) is 1.39. The standard InChI is InChI=1S/C12H14N4O3/c1-2-5-14-12(17)8-15-11-4-3-10(16(18)19)6-9(11)7-13/h3-4,6,15H,2,5,8H2,1H3,(H,14,17). The van der Waals surface area contributed by atoms with Crippen LogP contribution < -0.4 is 10.6 Å². The summed E-state index contributed by atoms with van der Waals surface area (Å²) in [7, 11) is 0. The monoisotopic (exact) mass is 262 g/mol. The Hall–Kier alpha value is -2.62. The van der Waals surface area contributed by atoms with E-state index in [9.17, 15) is 14.9 Å². The Balaban J connectivity index is 2.71. The van der Waals surface area contributed by atoms with Gasteiger partial charge in [0, 0.05) is 18.7 Å². The maximum atomic E-state index is 11.4. The minimum atomic E-state index is -0.571. The van der Waals surface area contributed by atoms with E-state index < -0.39 is 4.92 Å². The number of amides is 1. The minimum Gasteiger partial charge on any atom is -0.375 e. The van der Waals surface area contributed by atoms with Gasteiger partial charge in [0.2, 0.25) is 5.91 Å². The summed E-state index contributed by atoms with van der Waals surface area (Å²) in [4.78, 5) is 21.4. The van der Waals surface area contributed by atoms with Gasteiger partial charge in [0.15, 0.2) is 0 Å². The SMILES string of the molecule is CCCNC(=O)CNc1ccc([N+](=O)[O-])cc1C#N. The van der Waals surface area contributed by atoms with E-state index in [0.717, 1.165) is 6.42 Å². The molecule has 0 aromatic heterocycles. The average Bonchev–Trinajstić information content (AvgIpc) is 2.42. The lowest BCUT2D eigenvalue weighted by Crippen LogP contribution is -2.30. The first-order chi connectivity index (χ1) is 9.08. The zero-order valence-corrected chi connectivity index (χ0v) is 10.5. The van der Waals surface area contributed by atoms with E-state index in [-0.39, 0.29) is 23.7 Å². The summed E-state index contributed by atoms with van der Waals surface area (Å²) in [6.07, 6.45) is 0.840. The first-order valence-corrected chi connectivity index (χ1v) is 5.77. The van der Waals surface area contributed by atoms with Crippen LogP contribution in [0.25, 0.3) is 0 Å². The molecule has 0 atom stereocenters. The summed E-state index contributed by atoms with van der Waals surface area (Å²) in [6, 6.07) is 5.74. The lowest BCUT2D eigenvalue weighted by Gasteiger charge is -2.08. The van der Waals surface area contributed by atoms with Gasteiger partial charge in [-0.05, 0) is 12.5 Å². The fourth-order valence-electron chi connectivity index (χ4n) is 1.39. The molecular weight excluding hydrogens is 248 g/mol. The molecule has 2 N–H and O–H groups in total. The van der Waals surface area contributed by atoms with E-state index in [1.54, 1.807) is 0 Å². The summed E-state index contributed by atoms with van der Waals surface area (Å²) in [5, 5.41) is 25.0. The number of nitrogens with zero attached hydrogens (tertiary/aromatic N) is 2. The molecule has 1 aromatic carbocycles. The normalized spacial score (nSPS) is 9.47. The molecule has 0 heterocycles. The van der Waals surface area contributed by atoms with E-state index >= 15 is 0 Å². The molecule has 1 amide bonds. The van der Waals surface area contributed by atoms with Crippen molar-refractivity contribution in [3.8, 4) is 6.07 Å². The predicted octanol–water partition coefficient (Wildman–Crippen LogP) is 1.40. The van der Waals surface area contributed by atoms with E-state index in [1.807, 2.05) is 13.0 Å². The molecular formula is C12H14N4O3. The summed E-state index contributed by atoms with van der Waals surface area (Å²) in [5.41, 5.74) is 0.384. The lowest BCUT2D eigenvalue weighted by atomic mass is 10.1. The molecule has 7 nitrogen and oxygen atoms in total. The number of nitro groups is 1. The van der Waals surface area contributed by atoms with Gasteiger partial charge in [-0.3, -0.25) is 14.9 Å². The molecule has 0 aliphatic carbocycles. The number of benzene rings is 1. The Morgan fingerprint density at radius 3 is 2.84 bits per heavy atom. The van der Waals surface area contributed by atoms with Crippen LogP contribution in [-0.2, 0) is 4.79 Å². The predicted molar refractivity (Wildman–Crippen MR) is 69.6 cm³/mol. The van der Waals surface area contributed by atoms with E-state index in [1.165, 1.54) is 18.2 Å². The highest BCUT2D eigenvalue weighted by molar-refractivity contribution is 5.81. The van der Waals surface area contributed by atoms with Crippen LogP contribution in [0, 0.1) is 21.4 Å². The third kappa shape index (κ3) is 4.27. The molecule has 0 saturated carbocycles. The summed E-state index contributed by atoms with van der Waals surface area (Å²) >= 11 is 0. The number of nitrogens with one attached hydrogen (secondary N) is 2. The quantitative estimate of drug-likeness (QED) is 0.595. The molecule has 0 spiro atoms.